The van der Waals surface area contributed by atoms with Crippen molar-refractivity contribution < 1.29 is 9.59 Å². The van der Waals surface area contributed by atoms with Crippen molar-refractivity contribution >= 4 is 39.2 Å². The van der Waals surface area contributed by atoms with Gasteiger partial charge in [-0.2, -0.15) is 5.10 Å². The summed E-state index contributed by atoms with van der Waals surface area (Å²) in [6.45, 7) is 4.06. The summed E-state index contributed by atoms with van der Waals surface area (Å²) in [5.41, 5.74) is 2.38. The van der Waals surface area contributed by atoms with Crippen LogP contribution in [0.25, 0.3) is 21.8 Å². The zero-order valence-electron chi connectivity index (χ0n) is 16.9. The number of aromatic nitrogens is 3. The average Bonchev–Trinajstić information content (AvgIpc) is 3.05. The Hall–Kier alpha value is -3.74. The summed E-state index contributed by atoms with van der Waals surface area (Å²) in [6.07, 6.45) is 2.53. The van der Waals surface area contributed by atoms with E-state index in [2.05, 4.69) is 17.3 Å². The molecule has 7 heteroatoms. The van der Waals surface area contributed by atoms with Gasteiger partial charge in [-0.3, -0.25) is 14.4 Å². The molecule has 1 N–H and O–H groups in total. The van der Waals surface area contributed by atoms with Gasteiger partial charge in [-0.25, -0.2) is 4.68 Å². The van der Waals surface area contributed by atoms with Crippen LogP contribution < -0.4 is 10.9 Å². The van der Waals surface area contributed by atoms with E-state index in [1.54, 1.807) is 30.5 Å². The minimum atomic E-state index is -0.363. The number of benzene rings is 2. The molecule has 2 aromatic carbocycles. The molecular formula is C23H22N4O3. The Morgan fingerprint density at radius 2 is 1.77 bits per heavy atom. The molecule has 1 amide bonds. The Labute approximate surface area is 172 Å². The maximum Gasteiger partial charge on any atom is 0.291 e. The molecule has 0 aliphatic heterocycles. The zero-order chi connectivity index (χ0) is 21.3. The van der Waals surface area contributed by atoms with Gasteiger partial charge in [0.2, 0.25) is 5.91 Å². The van der Waals surface area contributed by atoms with E-state index in [0.29, 0.717) is 23.3 Å². The predicted molar refractivity (Wildman–Crippen MR) is 117 cm³/mol. The number of ketones is 1. The molecule has 4 rings (SSSR count). The lowest BCUT2D eigenvalue weighted by molar-refractivity contribution is -0.117. The molecule has 7 nitrogen and oxygen atoms in total. The highest BCUT2D eigenvalue weighted by atomic mass is 16.2. The first-order chi connectivity index (χ1) is 14.5. The fourth-order valence-electron chi connectivity index (χ4n) is 3.69. The summed E-state index contributed by atoms with van der Waals surface area (Å²) in [4.78, 5) is 37.0. The van der Waals surface area contributed by atoms with E-state index in [1.165, 1.54) is 11.6 Å². The number of anilines is 1. The second-order valence-electron chi connectivity index (χ2n) is 7.22. The van der Waals surface area contributed by atoms with Crippen LogP contribution in [0.4, 0.5) is 5.69 Å². The summed E-state index contributed by atoms with van der Waals surface area (Å²) in [5, 5.41) is 8.75. The SMILES string of the molecule is CCCn1c2ccccc2c2cnn(CC(=O)Nc3ccc(C(C)=O)cc3)c(=O)c21. The van der Waals surface area contributed by atoms with Crippen molar-refractivity contribution in [3.05, 3.63) is 70.6 Å². The lowest BCUT2D eigenvalue weighted by atomic mass is 10.1. The smallest absolute Gasteiger partial charge is 0.291 e. The van der Waals surface area contributed by atoms with E-state index in [0.717, 1.165) is 22.7 Å². The number of aryl methyl sites for hydroxylation is 1. The molecule has 152 valence electrons. The van der Waals surface area contributed by atoms with Gasteiger partial charge in [-0.1, -0.05) is 25.1 Å². The molecule has 2 heterocycles. The normalized spacial score (nSPS) is 11.1. The van der Waals surface area contributed by atoms with Gasteiger partial charge in [-0.15, -0.1) is 0 Å². The minimum Gasteiger partial charge on any atom is -0.336 e. The lowest BCUT2D eigenvalue weighted by Gasteiger charge is -2.09. The Bertz CT molecular complexity index is 1320. The summed E-state index contributed by atoms with van der Waals surface area (Å²) in [7, 11) is 0. The molecule has 0 spiro atoms. The predicted octanol–water partition coefficient (Wildman–Crippen LogP) is 3.60. The number of nitrogens with zero attached hydrogens (tertiary/aromatic N) is 3. The number of para-hydroxylation sites is 1. The quantitative estimate of drug-likeness (QED) is 0.499. The largest absolute Gasteiger partial charge is 0.336 e. The van der Waals surface area contributed by atoms with Crippen molar-refractivity contribution in [3.63, 3.8) is 0 Å². The molecule has 0 fully saturated rings. The second-order valence-corrected chi connectivity index (χ2v) is 7.22. The Morgan fingerprint density at radius 3 is 2.47 bits per heavy atom. The minimum absolute atomic E-state index is 0.0422. The number of carbonyl (C=O) groups is 2. The van der Waals surface area contributed by atoms with Crippen LogP contribution >= 0.6 is 0 Å². The van der Waals surface area contributed by atoms with E-state index in [9.17, 15) is 14.4 Å². The van der Waals surface area contributed by atoms with Gasteiger partial charge in [0, 0.05) is 34.1 Å². The van der Waals surface area contributed by atoms with Gasteiger partial charge in [0.05, 0.1) is 6.20 Å². The molecule has 2 aromatic heterocycles. The number of nitrogens with one attached hydrogen (secondary N) is 1. The Kier molecular flexibility index (Phi) is 5.18. The Morgan fingerprint density at radius 1 is 1.03 bits per heavy atom. The molecule has 30 heavy (non-hydrogen) atoms. The van der Waals surface area contributed by atoms with Crippen LogP contribution in [-0.2, 0) is 17.9 Å². The first-order valence-electron chi connectivity index (χ1n) is 9.87. The molecule has 0 radical (unpaired) electrons. The highest BCUT2D eigenvalue weighted by Gasteiger charge is 2.16. The van der Waals surface area contributed by atoms with Crippen molar-refractivity contribution in [2.45, 2.75) is 33.4 Å². The highest BCUT2D eigenvalue weighted by Crippen LogP contribution is 2.26. The monoisotopic (exact) mass is 402 g/mol. The molecule has 0 unspecified atom stereocenters. The number of amides is 1. The number of rotatable bonds is 6. The number of fused-ring (bicyclic) bond motifs is 3. The van der Waals surface area contributed by atoms with Gasteiger partial charge >= 0.3 is 0 Å². The van der Waals surface area contributed by atoms with Crippen LogP contribution in [0.15, 0.2) is 59.5 Å². The third-order valence-electron chi connectivity index (χ3n) is 5.09. The number of hydrogen-bond donors (Lipinski definition) is 1. The van der Waals surface area contributed by atoms with Crippen LogP contribution in [0.1, 0.15) is 30.6 Å². The van der Waals surface area contributed by atoms with Crippen molar-refractivity contribution in [1.82, 2.24) is 14.3 Å². The molecule has 0 saturated heterocycles. The van der Waals surface area contributed by atoms with Crippen LogP contribution in [0, 0.1) is 0 Å². The second kappa shape index (κ2) is 7.94. The van der Waals surface area contributed by atoms with Gasteiger partial charge in [-0.05, 0) is 43.7 Å². The first-order valence-corrected chi connectivity index (χ1v) is 9.87. The summed E-state index contributed by atoms with van der Waals surface area (Å²) in [5.74, 6) is -0.405. The third kappa shape index (κ3) is 3.50. The van der Waals surface area contributed by atoms with Crippen LogP contribution in [-0.4, -0.2) is 26.0 Å². The third-order valence-corrected chi connectivity index (χ3v) is 5.09. The van der Waals surface area contributed by atoms with E-state index in [-0.39, 0.29) is 23.8 Å². The number of carbonyl (C=O) groups excluding carboxylic acids is 2. The Balaban J connectivity index is 1.66. The molecule has 0 aliphatic carbocycles. The molecule has 0 aliphatic rings. The fraction of sp³-hybridized carbons (Fsp3) is 0.217. The fourth-order valence-corrected chi connectivity index (χ4v) is 3.69. The van der Waals surface area contributed by atoms with Crippen molar-refractivity contribution in [1.29, 1.82) is 0 Å². The maximum atomic E-state index is 13.2. The topological polar surface area (TPSA) is 86.0 Å². The molecule has 0 bridgehead atoms. The highest BCUT2D eigenvalue weighted by molar-refractivity contribution is 6.07. The van der Waals surface area contributed by atoms with Crippen molar-refractivity contribution in [2.24, 2.45) is 0 Å². The standard InChI is InChI=1S/C23H22N4O3/c1-3-12-26-20-7-5-4-6-18(20)19-13-24-27(23(30)22(19)26)14-21(29)25-17-10-8-16(9-11-17)15(2)28/h4-11,13H,3,12,14H2,1-2H3,(H,25,29). The summed E-state index contributed by atoms with van der Waals surface area (Å²) in [6, 6.07) is 14.5. The van der Waals surface area contributed by atoms with E-state index in [1.807, 2.05) is 28.8 Å². The van der Waals surface area contributed by atoms with Crippen LogP contribution in [0.5, 0.6) is 0 Å². The van der Waals surface area contributed by atoms with E-state index in [4.69, 9.17) is 0 Å². The first kappa shape index (κ1) is 19.6. The average molecular weight is 402 g/mol. The van der Waals surface area contributed by atoms with Crippen molar-refractivity contribution in [2.75, 3.05) is 5.32 Å². The maximum absolute atomic E-state index is 13.2. The molecule has 4 aromatic rings. The molecule has 0 atom stereocenters. The van der Waals surface area contributed by atoms with E-state index < -0.39 is 0 Å². The van der Waals surface area contributed by atoms with Crippen LogP contribution in [0.2, 0.25) is 0 Å². The summed E-state index contributed by atoms with van der Waals surface area (Å²) < 4.78 is 3.19. The van der Waals surface area contributed by atoms with Crippen molar-refractivity contribution in [3.8, 4) is 0 Å². The van der Waals surface area contributed by atoms with Gasteiger partial charge < -0.3 is 9.88 Å². The van der Waals surface area contributed by atoms with Gasteiger partial charge in [0.25, 0.3) is 5.56 Å². The van der Waals surface area contributed by atoms with Crippen LogP contribution in [0.3, 0.4) is 0 Å². The molecule has 0 saturated carbocycles. The van der Waals surface area contributed by atoms with Gasteiger partial charge in [0.15, 0.2) is 5.78 Å². The lowest BCUT2D eigenvalue weighted by Crippen LogP contribution is -2.30. The number of Topliss-reactive ketones (excluding diaryl/α,β-unsaturated/α-hetero) is 1. The zero-order valence-corrected chi connectivity index (χ0v) is 16.9. The van der Waals surface area contributed by atoms with E-state index >= 15 is 0 Å². The number of hydrogen-bond acceptors (Lipinski definition) is 4. The van der Waals surface area contributed by atoms with Gasteiger partial charge in [0.1, 0.15) is 12.1 Å². The summed E-state index contributed by atoms with van der Waals surface area (Å²) >= 11 is 0. The molecular weight excluding hydrogens is 380 g/mol.